The Morgan fingerprint density at radius 1 is 1.50 bits per heavy atom. The lowest BCUT2D eigenvalue weighted by atomic mass is 9.82. The van der Waals surface area contributed by atoms with Gasteiger partial charge in [-0.25, -0.2) is 5.43 Å². The number of nitrogens with zero attached hydrogens (tertiary/aromatic N) is 1. The molecule has 1 amide bonds. The first-order valence-electron chi connectivity index (χ1n) is 5.34. The largest absolute Gasteiger partial charge is 0.497 e. The number of carbonyl (C=O) groups excluding carboxylic acids is 1. The summed E-state index contributed by atoms with van der Waals surface area (Å²) in [5, 5.41) is 4.11. The van der Waals surface area contributed by atoms with E-state index in [0.717, 1.165) is 29.9 Å². The van der Waals surface area contributed by atoms with Crippen molar-refractivity contribution >= 4 is 11.6 Å². The van der Waals surface area contributed by atoms with Gasteiger partial charge in [-0.3, -0.25) is 4.79 Å². The summed E-state index contributed by atoms with van der Waals surface area (Å²) in [6.07, 6.45) is 1.74. The zero-order chi connectivity index (χ0) is 11.1. The van der Waals surface area contributed by atoms with Crippen molar-refractivity contribution in [3.8, 4) is 5.75 Å². The van der Waals surface area contributed by atoms with Gasteiger partial charge in [0.1, 0.15) is 5.75 Å². The quantitative estimate of drug-likeness (QED) is 0.764. The zero-order valence-corrected chi connectivity index (χ0v) is 8.99. The van der Waals surface area contributed by atoms with Crippen LogP contribution >= 0.6 is 0 Å². The first-order valence-corrected chi connectivity index (χ1v) is 5.34. The summed E-state index contributed by atoms with van der Waals surface area (Å²) in [6, 6.07) is 5.92. The van der Waals surface area contributed by atoms with Crippen LogP contribution in [0.5, 0.6) is 5.75 Å². The predicted octanol–water partition coefficient (Wildman–Crippen LogP) is 1.09. The summed E-state index contributed by atoms with van der Waals surface area (Å²) in [4.78, 5) is 11.5. The minimum atomic E-state index is -0.0547. The van der Waals surface area contributed by atoms with Crippen molar-refractivity contribution in [1.82, 2.24) is 5.43 Å². The summed E-state index contributed by atoms with van der Waals surface area (Å²) in [7, 11) is 1.66. The Kier molecular flexibility index (Phi) is 1.96. The van der Waals surface area contributed by atoms with E-state index in [4.69, 9.17) is 4.74 Å². The van der Waals surface area contributed by atoms with E-state index in [9.17, 15) is 4.79 Å². The number of methoxy groups -OCH3 is 1. The van der Waals surface area contributed by atoms with Crippen molar-refractivity contribution < 1.29 is 9.53 Å². The average Bonchev–Trinajstić information content (AvgIpc) is 2.70. The second-order valence-electron chi connectivity index (χ2n) is 4.09. The molecule has 1 N–H and O–H groups in total. The molecular weight excluding hydrogens is 204 g/mol. The zero-order valence-electron chi connectivity index (χ0n) is 8.99. The maximum atomic E-state index is 11.5. The van der Waals surface area contributed by atoms with Gasteiger partial charge in [-0.1, -0.05) is 0 Å². The minimum absolute atomic E-state index is 0.0245. The molecule has 82 valence electrons. The molecule has 1 aromatic carbocycles. The highest BCUT2D eigenvalue weighted by Gasteiger charge is 2.35. The average molecular weight is 216 g/mol. The van der Waals surface area contributed by atoms with Gasteiger partial charge >= 0.3 is 0 Å². The molecule has 3 rings (SSSR count). The molecule has 2 aliphatic rings. The summed E-state index contributed by atoms with van der Waals surface area (Å²) in [5.41, 5.74) is 5.72. The maximum Gasteiger partial charge on any atom is 0.249 e. The number of aryl methyl sites for hydroxylation is 1. The van der Waals surface area contributed by atoms with Crippen LogP contribution in [0.3, 0.4) is 0 Å². The molecule has 0 aromatic heterocycles. The fraction of sp³-hybridized carbons (Fsp3) is 0.333. The van der Waals surface area contributed by atoms with Gasteiger partial charge in [0.2, 0.25) is 5.91 Å². The second-order valence-corrected chi connectivity index (χ2v) is 4.09. The number of hydrogen-bond donors (Lipinski definition) is 1. The Morgan fingerprint density at radius 3 is 3.19 bits per heavy atom. The van der Waals surface area contributed by atoms with Gasteiger partial charge < -0.3 is 4.74 Å². The van der Waals surface area contributed by atoms with Crippen LogP contribution in [0, 0.1) is 5.92 Å². The van der Waals surface area contributed by atoms with Crippen LogP contribution in [0.2, 0.25) is 0 Å². The maximum absolute atomic E-state index is 11.5. The number of benzene rings is 1. The summed E-state index contributed by atoms with van der Waals surface area (Å²) >= 11 is 0. The van der Waals surface area contributed by atoms with Gasteiger partial charge in [-0.05, 0) is 36.6 Å². The summed E-state index contributed by atoms with van der Waals surface area (Å²) < 4.78 is 5.19. The lowest BCUT2D eigenvalue weighted by Gasteiger charge is -2.20. The standard InChI is InChI=1S/C12H12N2O2/c1-16-8-3-5-9-7(6-8)2-4-10-11(9)13-14-12(10)15/h3,5-6,10H,2,4H2,1H3,(H,14,15)/t10-/m1/s1. The molecule has 0 unspecified atom stereocenters. The highest BCUT2D eigenvalue weighted by Crippen LogP contribution is 2.30. The summed E-state index contributed by atoms with van der Waals surface area (Å²) in [6.45, 7) is 0. The highest BCUT2D eigenvalue weighted by atomic mass is 16.5. The fourth-order valence-electron chi connectivity index (χ4n) is 2.36. The van der Waals surface area contributed by atoms with Gasteiger partial charge in [-0.15, -0.1) is 0 Å². The molecule has 0 spiro atoms. The first kappa shape index (κ1) is 9.39. The van der Waals surface area contributed by atoms with E-state index in [1.165, 1.54) is 5.56 Å². The second kappa shape index (κ2) is 3.33. The molecule has 4 nitrogen and oxygen atoms in total. The molecule has 0 saturated carbocycles. The molecule has 16 heavy (non-hydrogen) atoms. The van der Waals surface area contributed by atoms with Crippen LogP contribution in [-0.4, -0.2) is 18.7 Å². The Bertz CT molecular complexity index is 494. The third-order valence-corrected chi connectivity index (χ3v) is 3.22. The van der Waals surface area contributed by atoms with Crippen molar-refractivity contribution in [2.75, 3.05) is 7.11 Å². The molecule has 0 saturated heterocycles. The lowest BCUT2D eigenvalue weighted by Crippen LogP contribution is -2.27. The molecule has 0 fully saturated rings. The van der Waals surface area contributed by atoms with Gasteiger partial charge in [0.15, 0.2) is 0 Å². The topological polar surface area (TPSA) is 50.7 Å². The fourth-order valence-corrected chi connectivity index (χ4v) is 2.36. The van der Waals surface area contributed by atoms with Gasteiger partial charge in [-0.2, -0.15) is 5.10 Å². The molecule has 1 aliphatic carbocycles. The Labute approximate surface area is 93.3 Å². The number of hydrazone groups is 1. The third-order valence-electron chi connectivity index (χ3n) is 3.22. The SMILES string of the molecule is COc1ccc2c(c1)CC[C@H]1C(=O)NN=C21. The molecule has 1 aliphatic heterocycles. The normalized spacial score (nSPS) is 21.9. The number of hydrogen-bond acceptors (Lipinski definition) is 3. The molecule has 0 bridgehead atoms. The Hall–Kier alpha value is -1.84. The van der Waals surface area contributed by atoms with E-state index in [1.54, 1.807) is 7.11 Å². The summed E-state index contributed by atoms with van der Waals surface area (Å²) in [5.74, 6) is 0.826. The minimum Gasteiger partial charge on any atom is -0.497 e. The van der Waals surface area contributed by atoms with E-state index >= 15 is 0 Å². The van der Waals surface area contributed by atoms with Crippen LogP contribution in [0.25, 0.3) is 0 Å². The number of ether oxygens (including phenoxy) is 1. The van der Waals surface area contributed by atoms with Crippen LogP contribution in [0.15, 0.2) is 23.3 Å². The van der Waals surface area contributed by atoms with Gasteiger partial charge in [0.05, 0.1) is 18.7 Å². The number of amides is 1. The molecule has 0 radical (unpaired) electrons. The third kappa shape index (κ3) is 1.23. The highest BCUT2D eigenvalue weighted by molar-refractivity contribution is 6.17. The Morgan fingerprint density at radius 2 is 2.38 bits per heavy atom. The molecule has 1 atom stereocenters. The van der Waals surface area contributed by atoms with E-state index in [2.05, 4.69) is 10.5 Å². The van der Waals surface area contributed by atoms with Crippen molar-refractivity contribution in [2.45, 2.75) is 12.8 Å². The van der Waals surface area contributed by atoms with Crippen molar-refractivity contribution in [3.63, 3.8) is 0 Å². The van der Waals surface area contributed by atoms with Gasteiger partial charge in [0, 0.05) is 5.56 Å². The molecule has 1 heterocycles. The predicted molar refractivity (Wildman–Crippen MR) is 59.5 cm³/mol. The van der Waals surface area contributed by atoms with Crippen LogP contribution in [-0.2, 0) is 11.2 Å². The smallest absolute Gasteiger partial charge is 0.249 e. The number of rotatable bonds is 1. The van der Waals surface area contributed by atoms with Crippen LogP contribution in [0.4, 0.5) is 0 Å². The number of carbonyl (C=O) groups is 1. The first-order chi connectivity index (χ1) is 7.79. The van der Waals surface area contributed by atoms with Crippen molar-refractivity contribution in [3.05, 3.63) is 29.3 Å². The van der Waals surface area contributed by atoms with Gasteiger partial charge in [0.25, 0.3) is 0 Å². The van der Waals surface area contributed by atoms with E-state index < -0.39 is 0 Å². The molecule has 4 heteroatoms. The molecular formula is C12H12N2O2. The number of fused-ring (bicyclic) bond motifs is 3. The van der Waals surface area contributed by atoms with E-state index in [1.807, 2.05) is 18.2 Å². The number of nitrogens with one attached hydrogen (secondary N) is 1. The van der Waals surface area contributed by atoms with Crippen LogP contribution in [0.1, 0.15) is 17.5 Å². The van der Waals surface area contributed by atoms with E-state index in [0.29, 0.717) is 0 Å². The van der Waals surface area contributed by atoms with Crippen molar-refractivity contribution in [1.29, 1.82) is 0 Å². The van der Waals surface area contributed by atoms with Crippen LogP contribution < -0.4 is 10.2 Å². The van der Waals surface area contributed by atoms with Crippen molar-refractivity contribution in [2.24, 2.45) is 11.0 Å². The van der Waals surface area contributed by atoms with E-state index in [-0.39, 0.29) is 11.8 Å². The Balaban J connectivity index is 2.07. The lowest BCUT2D eigenvalue weighted by molar-refractivity contribution is -0.122. The monoisotopic (exact) mass is 216 g/mol. The molecule has 1 aromatic rings.